The Morgan fingerprint density at radius 1 is 1.17 bits per heavy atom. The summed E-state index contributed by atoms with van der Waals surface area (Å²) in [4.78, 5) is 20.6. The van der Waals surface area contributed by atoms with Gasteiger partial charge in [0.2, 0.25) is 6.29 Å². The predicted octanol–water partition coefficient (Wildman–Crippen LogP) is 4.52. The summed E-state index contributed by atoms with van der Waals surface area (Å²) < 4.78 is 42.9. The van der Waals surface area contributed by atoms with Crippen molar-refractivity contribution in [3.05, 3.63) is 62.7 Å². The maximum absolute atomic E-state index is 12.5. The van der Waals surface area contributed by atoms with Crippen molar-refractivity contribution in [3.8, 4) is 11.5 Å². The van der Waals surface area contributed by atoms with Crippen LogP contribution in [-0.2, 0) is 11.0 Å². The van der Waals surface area contributed by atoms with E-state index in [2.05, 4.69) is 0 Å². The Morgan fingerprint density at radius 3 is 2.39 bits per heavy atom. The molecule has 0 saturated heterocycles. The van der Waals surface area contributed by atoms with Gasteiger partial charge in [-0.2, -0.15) is 13.2 Å². The van der Waals surface area contributed by atoms with Gasteiger partial charge in [-0.3, -0.25) is 14.9 Å². The highest BCUT2D eigenvalue weighted by Crippen LogP contribution is 2.37. The number of halogens is 4. The van der Waals surface area contributed by atoms with Gasteiger partial charge in [-0.25, -0.2) is 0 Å². The van der Waals surface area contributed by atoms with Crippen LogP contribution in [0, 0.1) is 10.1 Å². The molecule has 0 aliphatic heterocycles. The molecule has 0 bridgehead atoms. The Bertz CT molecular complexity index is 777. The summed E-state index contributed by atoms with van der Waals surface area (Å²) in [5.74, 6) is -0.172. The molecule has 0 amide bonds. The van der Waals surface area contributed by atoms with Crippen LogP contribution in [0.5, 0.6) is 11.5 Å². The van der Waals surface area contributed by atoms with Crippen molar-refractivity contribution in [1.29, 1.82) is 0 Å². The Balaban J connectivity index is 2.34. The van der Waals surface area contributed by atoms with Gasteiger partial charge in [0.25, 0.3) is 5.69 Å². The summed E-state index contributed by atoms with van der Waals surface area (Å²) in [5, 5.41) is 10.5. The van der Waals surface area contributed by atoms with Crippen LogP contribution in [0.1, 0.15) is 11.1 Å². The third kappa shape index (κ3) is 3.78. The first-order valence-electron chi connectivity index (χ1n) is 5.93. The highest BCUT2D eigenvalue weighted by Gasteiger charge is 2.31. The van der Waals surface area contributed by atoms with Crippen LogP contribution in [0.4, 0.5) is 18.9 Å². The van der Waals surface area contributed by atoms with Crippen LogP contribution in [-0.4, -0.2) is 11.2 Å². The molecule has 1 radical (unpaired) electrons. The zero-order valence-electron chi connectivity index (χ0n) is 11.1. The number of nitrogens with zero attached hydrogens (tertiary/aromatic N) is 1. The van der Waals surface area contributed by atoms with E-state index < -0.39 is 22.4 Å². The number of carbonyl (C=O) groups excluding carboxylic acids is 1. The van der Waals surface area contributed by atoms with Crippen LogP contribution >= 0.6 is 11.6 Å². The van der Waals surface area contributed by atoms with Crippen molar-refractivity contribution < 1.29 is 27.6 Å². The molecule has 2 aromatic carbocycles. The average molecular weight is 345 g/mol. The Morgan fingerprint density at radius 2 is 1.87 bits per heavy atom. The normalized spacial score (nSPS) is 11.1. The van der Waals surface area contributed by atoms with Gasteiger partial charge in [0, 0.05) is 0 Å². The van der Waals surface area contributed by atoms with E-state index >= 15 is 0 Å². The van der Waals surface area contributed by atoms with E-state index in [9.17, 15) is 28.1 Å². The Hall–Kier alpha value is -2.61. The molecule has 0 aliphatic carbocycles. The van der Waals surface area contributed by atoms with Crippen LogP contribution < -0.4 is 4.74 Å². The topological polar surface area (TPSA) is 69.4 Å². The summed E-state index contributed by atoms with van der Waals surface area (Å²) in [7, 11) is 0. The third-order valence-corrected chi connectivity index (χ3v) is 3.06. The molecule has 0 fully saturated rings. The molecule has 119 valence electrons. The maximum Gasteiger partial charge on any atom is 0.416 e. The number of nitro groups is 1. The number of hydrogen-bond acceptors (Lipinski definition) is 4. The molecule has 0 atom stereocenters. The van der Waals surface area contributed by atoms with Crippen molar-refractivity contribution >= 4 is 23.6 Å². The van der Waals surface area contributed by atoms with E-state index in [4.69, 9.17) is 16.3 Å². The molecule has 0 spiro atoms. The van der Waals surface area contributed by atoms with Crippen LogP contribution in [0.25, 0.3) is 0 Å². The summed E-state index contributed by atoms with van der Waals surface area (Å²) in [6.45, 7) is 0. The number of hydrogen-bond donors (Lipinski definition) is 0. The van der Waals surface area contributed by atoms with Crippen molar-refractivity contribution in [3.63, 3.8) is 0 Å². The second kappa shape index (κ2) is 6.25. The van der Waals surface area contributed by atoms with Gasteiger partial charge in [-0.1, -0.05) is 11.6 Å². The van der Waals surface area contributed by atoms with Gasteiger partial charge in [0.05, 0.1) is 21.6 Å². The highest BCUT2D eigenvalue weighted by atomic mass is 35.5. The molecule has 5 nitrogen and oxygen atoms in total. The van der Waals surface area contributed by atoms with Gasteiger partial charge in [0.15, 0.2) is 0 Å². The molecule has 23 heavy (non-hydrogen) atoms. The van der Waals surface area contributed by atoms with Crippen molar-refractivity contribution in [2.45, 2.75) is 6.18 Å². The Labute approximate surface area is 132 Å². The minimum Gasteiger partial charge on any atom is -0.456 e. The molecule has 0 heterocycles. The van der Waals surface area contributed by atoms with Gasteiger partial charge in [-0.15, -0.1) is 0 Å². The number of nitro benzene ring substituents is 1. The van der Waals surface area contributed by atoms with Crippen LogP contribution in [0.15, 0.2) is 36.4 Å². The van der Waals surface area contributed by atoms with E-state index in [1.807, 2.05) is 0 Å². The minimum atomic E-state index is -4.55. The summed E-state index contributed by atoms with van der Waals surface area (Å²) in [6, 6.07) is 5.74. The zero-order chi connectivity index (χ0) is 17.2. The predicted molar refractivity (Wildman–Crippen MR) is 74.4 cm³/mol. The molecular formula is C14H6ClF3NO4. The van der Waals surface area contributed by atoms with E-state index in [0.717, 1.165) is 24.3 Å². The molecule has 0 N–H and O–H groups in total. The van der Waals surface area contributed by atoms with Crippen molar-refractivity contribution in [1.82, 2.24) is 0 Å². The molecular weight excluding hydrogens is 339 g/mol. The summed E-state index contributed by atoms with van der Waals surface area (Å²) in [6.07, 6.45) is -3.15. The van der Waals surface area contributed by atoms with Crippen molar-refractivity contribution in [2.24, 2.45) is 0 Å². The van der Waals surface area contributed by atoms with E-state index in [1.165, 1.54) is 12.4 Å². The second-order valence-corrected chi connectivity index (χ2v) is 4.69. The molecule has 0 aliphatic rings. The van der Waals surface area contributed by atoms with E-state index in [0.29, 0.717) is 6.07 Å². The minimum absolute atomic E-state index is 0.0580. The lowest BCUT2D eigenvalue weighted by molar-refractivity contribution is -0.385. The van der Waals surface area contributed by atoms with Crippen LogP contribution in [0.3, 0.4) is 0 Å². The fourth-order valence-corrected chi connectivity index (χ4v) is 1.92. The highest BCUT2D eigenvalue weighted by molar-refractivity contribution is 6.32. The monoisotopic (exact) mass is 344 g/mol. The standard InChI is InChI=1S/C14H6ClF3NO4/c15-11-5-9(14(16,17)18)2-4-13(11)23-10-3-1-8(7-20)12(6-10)19(21)22/h1-6H. The first kappa shape index (κ1) is 16.8. The van der Waals surface area contributed by atoms with Gasteiger partial charge >= 0.3 is 6.18 Å². The molecule has 0 saturated carbocycles. The molecule has 0 unspecified atom stereocenters. The number of ether oxygens (including phenoxy) is 1. The van der Waals surface area contributed by atoms with E-state index in [-0.39, 0.29) is 22.1 Å². The van der Waals surface area contributed by atoms with Gasteiger partial charge in [0.1, 0.15) is 17.1 Å². The van der Waals surface area contributed by atoms with E-state index in [1.54, 1.807) is 0 Å². The fourth-order valence-electron chi connectivity index (χ4n) is 1.70. The van der Waals surface area contributed by atoms with Gasteiger partial charge in [-0.05, 0) is 30.3 Å². The molecule has 9 heteroatoms. The largest absolute Gasteiger partial charge is 0.456 e. The number of benzene rings is 2. The summed E-state index contributed by atoms with van der Waals surface area (Å²) >= 11 is 5.73. The second-order valence-electron chi connectivity index (χ2n) is 4.28. The SMILES string of the molecule is O=[C]c1ccc(Oc2ccc(C(F)(F)F)cc2Cl)cc1[N+](=O)[O-]. The van der Waals surface area contributed by atoms with Gasteiger partial charge < -0.3 is 4.74 Å². The summed E-state index contributed by atoms with van der Waals surface area (Å²) in [5.41, 5.74) is -1.77. The first-order valence-corrected chi connectivity index (χ1v) is 6.31. The first-order chi connectivity index (χ1) is 10.7. The zero-order valence-corrected chi connectivity index (χ0v) is 11.8. The lowest BCUT2D eigenvalue weighted by Gasteiger charge is -2.11. The lowest BCUT2D eigenvalue weighted by Crippen LogP contribution is -2.04. The number of rotatable bonds is 4. The maximum atomic E-state index is 12.5. The molecule has 2 rings (SSSR count). The lowest BCUT2D eigenvalue weighted by atomic mass is 10.2. The van der Waals surface area contributed by atoms with Crippen LogP contribution in [0.2, 0.25) is 5.02 Å². The molecule has 0 aromatic heterocycles. The number of alkyl halides is 3. The molecule has 2 aromatic rings. The average Bonchev–Trinajstić information content (AvgIpc) is 2.48. The Kier molecular flexibility index (Phi) is 4.55. The third-order valence-electron chi connectivity index (χ3n) is 2.76. The fraction of sp³-hybridized carbons (Fsp3) is 0.0714. The van der Waals surface area contributed by atoms with Crippen molar-refractivity contribution in [2.75, 3.05) is 0 Å². The quantitative estimate of drug-likeness (QED) is 0.604. The smallest absolute Gasteiger partial charge is 0.416 e.